The summed E-state index contributed by atoms with van der Waals surface area (Å²) in [6.07, 6.45) is 5.06. The molecule has 8 heteroatoms. The minimum atomic E-state index is -3.26. The number of carboxylic acids is 1. The zero-order valence-electron chi connectivity index (χ0n) is 15.1. The molecule has 2 saturated heterocycles. The summed E-state index contributed by atoms with van der Waals surface area (Å²) in [7, 11) is -3.26. The topological polar surface area (TPSA) is 95.0 Å². The molecule has 1 saturated carbocycles. The van der Waals surface area contributed by atoms with Gasteiger partial charge in [-0.3, -0.25) is 9.10 Å². The van der Waals surface area contributed by atoms with Gasteiger partial charge in [-0.1, -0.05) is 12.8 Å². The number of hydrogen-bond donors (Lipinski definition) is 1. The Balaban J connectivity index is 1.59. The van der Waals surface area contributed by atoms with E-state index in [1.807, 2.05) is 0 Å². The Morgan fingerprint density at radius 1 is 1.04 bits per heavy atom. The number of hydrogen-bond acceptors (Lipinski definition) is 4. The predicted octanol–water partition coefficient (Wildman–Crippen LogP) is 2.08. The van der Waals surface area contributed by atoms with Crippen molar-refractivity contribution in [2.24, 2.45) is 5.92 Å². The minimum absolute atomic E-state index is 0.00835. The number of sulfonamides is 1. The highest BCUT2D eigenvalue weighted by atomic mass is 32.2. The number of rotatable bonds is 3. The lowest BCUT2D eigenvalue weighted by atomic mass is 9.84. The molecule has 3 fully saturated rings. The molecule has 1 N–H and O–H groups in total. The van der Waals surface area contributed by atoms with Crippen molar-refractivity contribution >= 4 is 27.6 Å². The minimum Gasteiger partial charge on any atom is -0.480 e. The molecular weight excluding hydrogens is 368 g/mol. The summed E-state index contributed by atoms with van der Waals surface area (Å²) in [5.74, 6) is -0.812. The average molecular weight is 392 g/mol. The Morgan fingerprint density at radius 3 is 2.37 bits per heavy atom. The smallest absolute Gasteiger partial charge is 0.326 e. The Morgan fingerprint density at radius 2 is 1.74 bits per heavy atom. The van der Waals surface area contributed by atoms with E-state index in [9.17, 15) is 23.1 Å². The Labute approximate surface area is 159 Å². The van der Waals surface area contributed by atoms with Gasteiger partial charge in [-0.2, -0.15) is 0 Å². The van der Waals surface area contributed by atoms with Crippen molar-refractivity contribution in [2.45, 2.75) is 50.6 Å². The number of benzene rings is 1. The van der Waals surface area contributed by atoms with E-state index >= 15 is 0 Å². The summed E-state index contributed by atoms with van der Waals surface area (Å²) in [5.41, 5.74) is 0.962. The maximum atomic E-state index is 13.1. The summed E-state index contributed by atoms with van der Waals surface area (Å²) >= 11 is 0. The molecule has 0 spiro atoms. The van der Waals surface area contributed by atoms with Crippen molar-refractivity contribution < 1.29 is 23.1 Å². The average Bonchev–Trinajstić information content (AvgIpc) is 3.21. The van der Waals surface area contributed by atoms with E-state index in [1.54, 1.807) is 29.2 Å². The van der Waals surface area contributed by atoms with E-state index in [0.717, 1.165) is 25.7 Å². The fraction of sp³-hybridized carbons (Fsp3) is 0.579. The van der Waals surface area contributed by atoms with Gasteiger partial charge in [-0.15, -0.1) is 0 Å². The second-order valence-electron chi connectivity index (χ2n) is 7.70. The normalized spacial score (nSPS) is 29.6. The maximum absolute atomic E-state index is 13.1. The van der Waals surface area contributed by atoms with Gasteiger partial charge in [-0.05, 0) is 55.9 Å². The van der Waals surface area contributed by atoms with Crippen LogP contribution in [0.2, 0.25) is 0 Å². The van der Waals surface area contributed by atoms with Crippen LogP contribution in [-0.2, 0) is 14.8 Å². The van der Waals surface area contributed by atoms with E-state index in [1.165, 1.54) is 4.31 Å². The third-order valence-corrected chi connectivity index (χ3v) is 7.98. The first-order valence-corrected chi connectivity index (χ1v) is 11.2. The van der Waals surface area contributed by atoms with Crippen LogP contribution in [0.3, 0.4) is 0 Å². The van der Waals surface area contributed by atoms with Crippen molar-refractivity contribution in [1.29, 1.82) is 0 Å². The van der Waals surface area contributed by atoms with Crippen molar-refractivity contribution in [3.63, 3.8) is 0 Å². The number of anilines is 1. The quantitative estimate of drug-likeness (QED) is 0.850. The molecule has 3 atom stereocenters. The van der Waals surface area contributed by atoms with Crippen molar-refractivity contribution in [2.75, 3.05) is 16.6 Å². The molecule has 1 aromatic carbocycles. The van der Waals surface area contributed by atoms with Crippen LogP contribution in [-0.4, -0.2) is 54.7 Å². The van der Waals surface area contributed by atoms with Crippen LogP contribution in [0.1, 0.15) is 48.9 Å². The molecule has 1 aromatic rings. The van der Waals surface area contributed by atoms with E-state index in [-0.39, 0.29) is 23.6 Å². The molecular formula is C19H24N2O5S. The number of carboxylic acid groups (broad SMARTS) is 1. The Kier molecular flexibility index (Phi) is 4.61. The van der Waals surface area contributed by atoms with Crippen LogP contribution in [0, 0.1) is 5.92 Å². The maximum Gasteiger partial charge on any atom is 0.326 e. The second kappa shape index (κ2) is 6.82. The highest BCUT2D eigenvalue weighted by molar-refractivity contribution is 7.93. The van der Waals surface area contributed by atoms with Crippen molar-refractivity contribution in [1.82, 2.24) is 4.90 Å². The molecule has 0 radical (unpaired) electrons. The van der Waals surface area contributed by atoms with Gasteiger partial charge in [0, 0.05) is 18.2 Å². The highest BCUT2D eigenvalue weighted by Gasteiger charge is 2.47. The van der Waals surface area contributed by atoms with Crippen molar-refractivity contribution in [3.8, 4) is 0 Å². The fourth-order valence-electron chi connectivity index (χ4n) is 4.82. The molecule has 2 heterocycles. The number of likely N-dealkylation sites (tertiary alicyclic amines) is 1. The summed E-state index contributed by atoms with van der Waals surface area (Å²) in [5, 5.41) is 9.60. The molecule has 0 bridgehead atoms. The summed E-state index contributed by atoms with van der Waals surface area (Å²) < 4.78 is 25.5. The third kappa shape index (κ3) is 3.20. The first kappa shape index (κ1) is 18.3. The molecule has 1 amide bonds. The van der Waals surface area contributed by atoms with Gasteiger partial charge < -0.3 is 10.0 Å². The molecule has 27 heavy (non-hydrogen) atoms. The van der Waals surface area contributed by atoms with Crippen LogP contribution in [0.15, 0.2) is 24.3 Å². The van der Waals surface area contributed by atoms with E-state index in [4.69, 9.17) is 0 Å². The van der Waals surface area contributed by atoms with Crippen LogP contribution in [0.4, 0.5) is 5.69 Å². The molecule has 146 valence electrons. The van der Waals surface area contributed by atoms with Crippen LogP contribution in [0.25, 0.3) is 0 Å². The molecule has 4 rings (SSSR count). The Hall–Kier alpha value is -2.09. The number of nitrogens with zero attached hydrogens (tertiary/aromatic N) is 2. The van der Waals surface area contributed by atoms with Gasteiger partial charge in [-0.25, -0.2) is 13.2 Å². The van der Waals surface area contributed by atoms with Crippen molar-refractivity contribution in [3.05, 3.63) is 29.8 Å². The fourth-order valence-corrected chi connectivity index (χ4v) is 6.39. The predicted molar refractivity (Wildman–Crippen MR) is 100 cm³/mol. The number of carbonyl (C=O) groups excluding carboxylic acids is 1. The lowest BCUT2D eigenvalue weighted by Gasteiger charge is -2.33. The van der Waals surface area contributed by atoms with E-state index < -0.39 is 22.0 Å². The van der Waals surface area contributed by atoms with Gasteiger partial charge >= 0.3 is 5.97 Å². The van der Waals surface area contributed by atoms with Gasteiger partial charge in [0.1, 0.15) is 6.04 Å². The lowest BCUT2D eigenvalue weighted by molar-refractivity contribution is -0.141. The summed E-state index contributed by atoms with van der Waals surface area (Å²) in [4.78, 5) is 26.4. The second-order valence-corrected chi connectivity index (χ2v) is 9.72. The Bertz CT molecular complexity index is 851. The molecule has 2 aliphatic heterocycles. The molecule has 1 aliphatic carbocycles. The number of aliphatic carboxylic acids is 1. The highest BCUT2D eigenvalue weighted by Crippen LogP contribution is 2.40. The van der Waals surface area contributed by atoms with Crippen LogP contribution < -0.4 is 4.31 Å². The largest absolute Gasteiger partial charge is 0.480 e. The lowest BCUT2D eigenvalue weighted by Crippen LogP contribution is -2.46. The van der Waals surface area contributed by atoms with Crippen LogP contribution >= 0.6 is 0 Å². The zero-order chi connectivity index (χ0) is 19.2. The monoisotopic (exact) mass is 392 g/mol. The van der Waals surface area contributed by atoms with Gasteiger partial charge in [0.2, 0.25) is 10.0 Å². The molecule has 7 nitrogen and oxygen atoms in total. The first-order chi connectivity index (χ1) is 12.9. The number of fused-ring (bicyclic) bond motifs is 1. The van der Waals surface area contributed by atoms with Crippen LogP contribution in [0.5, 0.6) is 0 Å². The number of amides is 1. The SMILES string of the molecule is O=C(O)[C@@H]1C[C@H]2CCCC[C@@H]2N1C(=O)c1ccc(N2CCCS2(=O)=O)cc1. The standard InChI is InChI=1S/C19H24N2O5S/c22-18(21-16-5-2-1-4-14(16)12-17(21)19(23)24)13-6-8-15(9-7-13)20-10-3-11-27(20,25)26/h6-9,14,16-17H,1-5,10-12H2,(H,23,24)/t14-,16+,17+/m1/s1. The first-order valence-electron chi connectivity index (χ1n) is 9.54. The summed E-state index contributed by atoms with van der Waals surface area (Å²) in [6, 6.07) is 5.72. The molecule has 0 unspecified atom stereocenters. The zero-order valence-corrected chi connectivity index (χ0v) is 15.9. The van der Waals surface area contributed by atoms with Gasteiger partial charge in [0.25, 0.3) is 5.91 Å². The van der Waals surface area contributed by atoms with Gasteiger partial charge in [0.15, 0.2) is 0 Å². The third-order valence-electron chi connectivity index (χ3n) is 6.11. The molecule has 3 aliphatic rings. The summed E-state index contributed by atoms with van der Waals surface area (Å²) in [6.45, 7) is 0.451. The van der Waals surface area contributed by atoms with E-state index in [0.29, 0.717) is 30.6 Å². The molecule has 0 aromatic heterocycles. The van der Waals surface area contributed by atoms with E-state index in [2.05, 4.69) is 0 Å². The van der Waals surface area contributed by atoms with Gasteiger partial charge in [0.05, 0.1) is 11.4 Å². The number of carbonyl (C=O) groups is 2.